The summed E-state index contributed by atoms with van der Waals surface area (Å²) in [5.41, 5.74) is 4.24. The Labute approximate surface area is 107 Å². The molecule has 0 bridgehead atoms. The van der Waals surface area contributed by atoms with Gasteiger partial charge in [-0.15, -0.1) is 0 Å². The van der Waals surface area contributed by atoms with E-state index in [4.69, 9.17) is 0 Å². The van der Waals surface area contributed by atoms with E-state index in [0.717, 1.165) is 6.54 Å². The maximum absolute atomic E-state index is 3.70. The number of nitrogens with one attached hydrogen (secondary N) is 1. The number of rotatable bonds is 6. The molecule has 1 N–H and O–H groups in total. The summed E-state index contributed by atoms with van der Waals surface area (Å²) >= 11 is 0. The van der Waals surface area contributed by atoms with E-state index in [0.29, 0.717) is 12.0 Å². The molecule has 1 rings (SSSR count). The van der Waals surface area contributed by atoms with E-state index in [-0.39, 0.29) is 0 Å². The molecule has 2 unspecified atom stereocenters. The molecule has 0 aliphatic rings. The van der Waals surface area contributed by atoms with Crippen LogP contribution in [-0.4, -0.2) is 6.54 Å². The molecule has 0 saturated carbocycles. The summed E-state index contributed by atoms with van der Waals surface area (Å²) in [6.07, 6.45) is 2.41. The molecular weight excluding hydrogens is 206 g/mol. The highest BCUT2D eigenvalue weighted by Crippen LogP contribution is 2.27. The van der Waals surface area contributed by atoms with Crippen LogP contribution in [-0.2, 0) is 0 Å². The van der Waals surface area contributed by atoms with Gasteiger partial charge in [-0.25, -0.2) is 0 Å². The van der Waals surface area contributed by atoms with Gasteiger partial charge < -0.3 is 5.32 Å². The van der Waals surface area contributed by atoms with Crippen molar-refractivity contribution >= 4 is 0 Å². The minimum atomic E-state index is 0.501. The third-order valence-electron chi connectivity index (χ3n) is 3.59. The predicted molar refractivity (Wildman–Crippen MR) is 76.4 cm³/mol. The fourth-order valence-corrected chi connectivity index (χ4v) is 2.33. The average Bonchev–Trinajstić information content (AvgIpc) is 2.31. The van der Waals surface area contributed by atoms with Crippen LogP contribution in [0.4, 0.5) is 0 Å². The lowest BCUT2D eigenvalue weighted by atomic mass is 9.89. The molecule has 0 aliphatic carbocycles. The molecule has 0 spiro atoms. The maximum atomic E-state index is 3.70. The molecule has 17 heavy (non-hydrogen) atoms. The smallest absolute Gasteiger partial charge is 0.0348 e. The quantitative estimate of drug-likeness (QED) is 0.768. The summed E-state index contributed by atoms with van der Waals surface area (Å²) < 4.78 is 0. The van der Waals surface area contributed by atoms with Crippen molar-refractivity contribution in [2.45, 2.75) is 53.5 Å². The zero-order valence-electron chi connectivity index (χ0n) is 12.0. The third-order valence-corrected chi connectivity index (χ3v) is 3.59. The van der Waals surface area contributed by atoms with Crippen LogP contribution >= 0.6 is 0 Å². The third kappa shape index (κ3) is 3.85. The first kappa shape index (κ1) is 14.2. The first-order valence-electron chi connectivity index (χ1n) is 6.90. The largest absolute Gasteiger partial charge is 0.310 e. The molecule has 1 heteroatoms. The molecule has 1 nitrogen and oxygen atoms in total. The zero-order valence-corrected chi connectivity index (χ0v) is 12.0. The molecule has 0 aliphatic heterocycles. The molecule has 1 aromatic rings. The summed E-state index contributed by atoms with van der Waals surface area (Å²) in [4.78, 5) is 0. The van der Waals surface area contributed by atoms with Crippen molar-refractivity contribution in [1.29, 1.82) is 0 Å². The molecule has 0 heterocycles. The van der Waals surface area contributed by atoms with Crippen LogP contribution in [0.1, 0.15) is 56.3 Å². The molecule has 0 saturated heterocycles. The van der Waals surface area contributed by atoms with E-state index < -0.39 is 0 Å². The summed E-state index contributed by atoms with van der Waals surface area (Å²) in [5.74, 6) is 0.683. The number of benzene rings is 1. The van der Waals surface area contributed by atoms with Crippen molar-refractivity contribution in [2.24, 2.45) is 5.92 Å². The second kappa shape index (κ2) is 6.80. The normalized spacial score (nSPS) is 14.6. The van der Waals surface area contributed by atoms with Gasteiger partial charge in [0.15, 0.2) is 0 Å². The van der Waals surface area contributed by atoms with Crippen molar-refractivity contribution in [2.75, 3.05) is 6.54 Å². The van der Waals surface area contributed by atoms with Gasteiger partial charge in [0, 0.05) is 6.04 Å². The van der Waals surface area contributed by atoms with Crippen molar-refractivity contribution in [3.8, 4) is 0 Å². The monoisotopic (exact) mass is 233 g/mol. The number of aryl methyl sites for hydroxylation is 2. The summed E-state index contributed by atoms with van der Waals surface area (Å²) in [5, 5.41) is 3.70. The molecular formula is C16H27N. The zero-order chi connectivity index (χ0) is 12.8. The van der Waals surface area contributed by atoms with E-state index >= 15 is 0 Å². The van der Waals surface area contributed by atoms with Crippen molar-refractivity contribution in [3.63, 3.8) is 0 Å². The van der Waals surface area contributed by atoms with Crippen LogP contribution in [0.5, 0.6) is 0 Å². The summed E-state index contributed by atoms with van der Waals surface area (Å²) in [7, 11) is 0. The van der Waals surface area contributed by atoms with Gasteiger partial charge in [0.2, 0.25) is 0 Å². The van der Waals surface area contributed by atoms with Crippen LogP contribution in [0, 0.1) is 19.8 Å². The van der Waals surface area contributed by atoms with Crippen LogP contribution in [0.2, 0.25) is 0 Å². The van der Waals surface area contributed by atoms with E-state index in [1.807, 2.05) is 0 Å². The lowest BCUT2D eigenvalue weighted by Gasteiger charge is -2.26. The van der Waals surface area contributed by atoms with Crippen molar-refractivity contribution in [1.82, 2.24) is 5.32 Å². The van der Waals surface area contributed by atoms with Gasteiger partial charge in [-0.05, 0) is 43.9 Å². The fourth-order valence-electron chi connectivity index (χ4n) is 2.33. The van der Waals surface area contributed by atoms with Gasteiger partial charge >= 0.3 is 0 Å². The SMILES string of the molecule is CCCNC(c1ccc(C)cc1C)C(C)CC. The standard InChI is InChI=1S/C16H27N/c1-6-10-17-16(13(4)7-2)15-9-8-12(3)11-14(15)5/h8-9,11,13,16-17H,6-7,10H2,1-5H3. The molecule has 2 atom stereocenters. The van der Waals surface area contributed by atoms with E-state index in [1.165, 1.54) is 29.5 Å². The Balaban J connectivity index is 2.95. The van der Waals surface area contributed by atoms with Gasteiger partial charge in [-0.3, -0.25) is 0 Å². The Morgan fingerprint density at radius 1 is 1.18 bits per heavy atom. The Morgan fingerprint density at radius 3 is 2.41 bits per heavy atom. The summed E-state index contributed by atoms with van der Waals surface area (Å²) in [6, 6.07) is 7.31. The minimum absolute atomic E-state index is 0.501. The molecule has 0 amide bonds. The maximum Gasteiger partial charge on any atom is 0.0348 e. The highest BCUT2D eigenvalue weighted by molar-refractivity contribution is 5.33. The van der Waals surface area contributed by atoms with Gasteiger partial charge in [-0.2, -0.15) is 0 Å². The van der Waals surface area contributed by atoms with Crippen LogP contribution < -0.4 is 5.32 Å². The highest BCUT2D eigenvalue weighted by atomic mass is 14.9. The van der Waals surface area contributed by atoms with E-state index in [9.17, 15) is 0 Å². The lowest BCUT2D eigenvalue weighted by Crippen LogP contribution is -2.28. The van der Waals surface area contributed by atoms with Gasteiger partial charge in [0.05, 0.1) is 0 Å². The molecule has 0 aromatic heterocycles. The fraction of sp³-hybridized carbons (Fsp3) is 0.625. The first-order chi connectivity index (χ1) is 8.10. The predicted octanol–water partition coefficient (Wildman–Crippen LogP) is 4.39. The number of hydrogen-bond donors (Lipinski definition) is 1. The molecule has 0 fully saturated rings. The van der Waals surface area contributed by atoms with Gasteiger partial charge in [-0.1, -0.05) is 51.0 Å². The Bertz CT molecular complexity index is 343. The van der Waals surface area contributed by atoms with Gasteiger partial charge in [0.1, 0.15) is 0 Å². The topological polar surface area (TPSA) is 12.0 Å². The lowest BCUT2D eigenvalue weighted by molar-refractivity contribution is 0.376. The molecule has 1 aromatic carbocycles. The first-order valence-corrected chi connectivity index (χ1v) is 6.90. The van der Waals surface area contributed by atoms with Gasteiger partial charge in [0.25, 0.3) is 0 Å². The average molecular weight is 233 g/mol. The molecule has 0 radical (unpaired) electrons. The van der Waals surface area contributed by atoms with E-state index in [1.54, 1.807) is 0 Å². The Morgan fingerprint density at radius 2 is 1.88 bits per heavy atom. The number of hydrogen-bond acceptors (Lipinski definition) is 1. The Hall–Kier alpha value is -0.820. The highest BCUT2D eigenvalue weighted by Gasteiger charge is 2.18. The van der Waals surface area contributed by atoms with Crippen LogP contribution in [0.15, 0.2) is 18.2 Å². The van der Waals surface area contributed by atoms with Crippen molar-refractivity contribution < 1.29 is 0 Å². The minimum Gasteiger partial charge on any atom is -0.310 e. The second-order valence-electron chi connectivity index (χ2n) is 5.18. The second-order valence-corrected chi connectivity index (χ2v) is 5.18. The molecule has 96 valence electrons. The van der Waals surface area contributed by atoms with Crippen molar-refractivity contribution in [3.05, 3.63) is 34.9 Å². The van der Waals surface area contributed by atoms with Crippen LogP contribution in [0.3, 0.4) is 0 Å². The summed E-state index contributed by atoms with van der Waals surface area (Å²) in [6.45, 7) is 12.3. The van der Waals surface area contributed by atoms with E-state index in [2.05, 4.69) is 58.1 Å². The van der Waals surface area contributed by atoms with Crippen LogP contribution in [0.25, 0.3) is 0 Å². The Kier molecular flexibility index (Phi) is 5.70.